The molecule has 0 aliphatic heterocycles. The molecule has 0 bridgehead atoms. The standard InChI is InChI=1S/C21H17N3O3S/c1-14-6-10-18(11-7-14)24-20(21(26)27-23-24)28-13-19(25)22-17-9-8-15-4-2-3-5-16(15)12-17/h2-12H,13H2,1H3,(H-,22,23,25,26). The summed E-state index contributed by atoms with van der Waals surface area (Å²) in [5.41, 5.74) is 2.51. The van der Waals surface area contributed by atoms with Gasteiger partial charge in [-0.3, -0.25) is 4.79 Å². The lowest BCUT2D eigenvalue weighted by Gasteiger charge is -2.06. The van der Waals surface area contributed by atoms with Crippen molar-refractivity contribution >= 4 is 34.1 Å². The maximum atomic E-state index is 12.4. The molecule has 0 aliphatic carbocycles. The van der Waals surface area contributed by atoms with Gasteiger partial charge in [-0.2, -0.15) is 0 Å². The van der Waals surface area contributed by atoms with E-state index in [1.165, 1.54) is 4.68 Å². The van der Waals surface area contributed by atoms with Crippen LogP contribution in [-0.2, 0) is 4.79 Å². The first kappa shape index (κ1) is 18.1. The number of benzene rings is 3. The lowest BCUT2D eigenvalue weighted by atomic mass is 10.1. The summed E-state index contributed by atoms with van der Waals surface area (Å²) < 4.78 is 6.20. The fourth-order valence-corrected chi connectivity index (χ4v) is 3.57. The summed E-state index contributed by atoms with van der Waals surface area (Å²) in [6.45, 7) is 1.98. The number of rotatable bonds is 5. The van der Waals surface area contributed by atoms with Crippen LogP contribution < -0.4 is 15.1 Å². The molecule has 0 saturated heterocycles. The van der Waals surface area contributed by atoms with Crippen LogP contribution in [0.5, 0.6) is 5.95 Å². The topological polar surface area (TPSA) is 82.1 Å². The maximum absolute atomic E-state index is 12.4. The highest BCUT2D eigenvalue weighted by Crippen LogP contribution is 2.24. The van der Waals surface area contributed by atoms with E-state index >= 15 is 0 Å². The Labute approximate surface area is 165 Å². The Morgan fingerprint density at radius 2 is 1.86 bits per heavy atom. The van der Waals surface area contributed by atoms with E-state index in [2.05, 4.69) is 10.6 Å². The molecule has 6 nitrogen and oxygen atoms in total. The average molecular weight is 391 g/mol. The minimum absolute atomic E-state index is 0.0646. The molecule has 4 rings (SSSR count). The van der Waals surface area contributed by atoms with Gasteiger partial charge in [0.2, 0.25) is 11.6 Å². The summed E-state index contributed by atoms with van der Waals surface area (Å²) in [5.74, 6) is -0.713. The van der Waals surface area contributed by atoms with E-state index in [4.69, 9.17) is 4.52 Å². The molecule has 28 heavy (non-hydrogen) atoms. The smallest absolute Gasteiger partial charge is 0.298 e. The van der Waals surface area contributed by atoms with E-state index in [0.29, 0.717) is 11.4 Å². The van der Waals surface area contributed by atoms with Crippen molar-refractivity contribution in [2.24, 2.45) is 0 Å². The third-order valence-electron chi connectivity index (χ3n) is 4.22. The zero-order valence-electron chi connectivity index (χ0n) is 15.1. The highest BCUT2D eigenvalue weighted by Gasteiger charge is 2.22. The largest absolute Gasteiger partial charge is 0.538 e. The number of hydrogen-bond acceptors (Lipinski definition) is 5. The van der Waals surface area contributed by atoms with E-state index in [0.717, 1.165) is 28.1 Å². The van der Waals surface area contributed by atoms with Gasteiger partial charge in [0.1, 0.15) is 0 Å². The Bertz CT molecular complexity index is 1140. The van der Waals surface area contributed by atoms with Gasteiger partial charge in [0.25, 0.3) is 5.03 Å². The molecule has 4 aromatic rings. The van der Waals surface area contributed by atoms with Crippen LogP contribution in [0.3, 0.4) is 0 Å². The number of nitrogens with zero attached hydrogens (tertiary/aromatic N) is 2. The van der Waals surface area contributed by atoms with Gasteiger partial charge in [-0.25, -0.2) is 0 Å². The minimum atomic E-state index is -0.566. The van der Waals surface area contributed by atoms with Crippen molar-refractivity contribution in [2.75, 3.05) is 11.1 Å². The van der Waals surface area contributed by atoms with Crippen molar-refractivity contribution in [2.45, 2.75) is 11.9 Å². The molecule has 0 radical (unpaired) electrons. The van der Waals surface area contributed by atoms with Crippen molar-refractivity contribution in [3.05, 3.63) is 72.3 Å². The van der Waals surface area contributed by atoms with Crippen LogP contribution in [-0.4, -0.2) is 16.9 Å². The average Bonchev–Trinajstić information content (AvgIpc) is 3.07. The molecular formula is C21H17N3O3S. The molecule has 0 atom stereocenters. The minimum Gasteiger partial charge on any atom is -0.538 e. The molecule has 0 spiro atoms. The fourth-order valence-electron chi connectivity index (χ4n) is 2.81. The zero-order chi connectivity index (χ0) is 19.5. The van der Waals surface area contributed by atoms with Gasteiger partial charge in [-0.15, -0.1) is 0 Å². The van der Waals surface area contributed by atoms with E-state index < -0.39 is 5.95 Å². The Kier molecular flexibility index (Phi) is 4.99. The molecule has 1 heterocycles. The summed E-state index contributed by atoms with van der Waals surface area (Å²) in [6, 6.07) is 21.2. The lowest BCUT2D eigenvalue weighted by Crippen LogP contribution is -2.35. The summed E-state index contributed by atoms with van der Waals surface area (Å²) in [7, 11) is 0. The Morgan fingerprint density at radius 1 is 1.11 bits per heavy atom. The number of fused-ring (bicyclic) bond motifs is 1. The fraction of sp³-hybridized carbons (Fsp3) is 0.0952. The van der Waals surface area contributed by atoms with E-state index in [1.807, 2.05) is 73.7 Å². The number of aromatic nitrogens is 2. The molecule has 1 N–H and O–H groups in total. The summed E-state index contributed by atoms with van der Waals surface area (Å²) in [5, 5.41) is 21.1. The van der Waals surface area contributed by atoms with Crippen LogP contribution in [0.15, 0.2) is 76.3 Å². The molecule has 140 valence electrons. The predicted molar refractivity (Wildman–Crippen MR) is 106 cm³/mol. The molecule has 0 aliphatic rings. The number of anilines is 1. The quantitative estimate of drug-likeness (QED) is 0.417. The highest BCUT2D eigenvalue weighted by atomic mass is 32.2. The number of amides is 1. The van der Waals surface area contributed by atoms with E-state index in [-0.39, 0.29) is 16.7 Å². The van der Waals surface area contributed by atoms with Crippen LogP contribution in [0.4, 0.5) is 5.69 Å². The second kappa shape index (κ2) is 7.74. The van der Waals surface area contributed by atoms with Crippen molar-refractivity contribution in [1.82, 2.24) is 5.27 Å². The number of hydrogen-bond donors (Lipinski definition) is 1. The maximum Gasteiger partial charge on any atom is 0.298 e. The number of carbonyl (C=O) groups excluding carboxylic acids is 1. The number of thioether (sulfide) groups is 1. The van der Waals surface area contributed by atoms with Crippen LogP contribution >= 0.6 is 11.8 Å². The first-order chi connectivity index (χ1) is 13.6. The SMILES string of the molecule is Cc1ccc(-[n+]2noc([O-])c2SCC(=O)Nc2ccc3ccccc3c2)cc1. The van der Waals surface area contributed by atoms with Gasteiger partial charge >= 0.3 is 0 Å². The van der Waals surface area contributed by atoms with Crippen LogP contribution in [0.25, 0.3) is 16.5 Å². The Balaban J connectivity index is 1.46. The molecule has 0 fully saturated rings. The molecule has 1 aromatic heterocycles. The lowest BCUT2D eigenvalue weighted by molar-refractivity contribution is -0.705. The number of aryl methyl sites for hydroxylation is 1. The Hall–Kier alpha value is -3.32. The first-order valence-corrected chi connectivity index (χ1v) is 9.66. The number of nitrogens with one attached hydrogen (secondary N) is 1. The van der Waals surface area contributed by atoms with Crippen molar-refractivity contribution in [3.63, 3.8) is 0 Å². The van der Waals surface area contributed by atoms with Crippen LogP contribution in [0.2, 0.25) is 0 Å². The van der Waals surface area contributed by atoms with Gasteiger partial charge < -0.3 is 14.9 Å². The molecule has 1 amide bonds. The van der Waals surface area contributed by atoms with Crippen LogP contribution in [0, 0.1) is 6.92 Å². The van der Waals surface area contributed by atoms with E-state index in [1.54, 1.807) is 0 Å². The summed E-state index contributed by atoms with van der Waals surface area (Å²) in [6.07, 6.45) is 0. The molecule has 3 aromatic carbocycles. The van der Waals surface area contributed by atoms with Gasteiger partial charge in [-0.05, 0) is 46.3 Å². The van der Waals surface area contributed by atoms with Crippen molar-refractivity contribution < 1.29 is 19.1 Å². The monoisotopic (exact) mass is 391 g/mol. The normalized spacial score (nSPS) is 10.9. The second-order valence-electron chi connectivity index (χ2n) is 6.31. The van der Waals surface area contributed by atoms with Gasteiger partial charge in [-0.1, -0.05) is 48.0 Å². The number of carbonyl (C=O) groups is 1. The summed E-state index contributed by atoms with van der Waals surface area (Å²) in [4.78, 5) is 12.4. The highest BCUT2D eigenvalue weighted by molar-refractivity contribution is 7.99. The predicted octanol–water partition coefficient (Wildman–Crippen LogP) is 3.22. The molecule has 0 saturated carbocycles. The molecule has 0 unspecified atom stereocenters. The third-order valence-corrected chi connectivity index (χ3v) is 5.24. The Morgan fingerprint density at radius 3 is 2.64 bits per heavy atom. The van der Waals surface area contributed by atoms with Crippen LogP contribution in [0.1, 0.15) is 5.56 Å². The van der Waals surface area contributed by atoms with Crippen molar-refractivity contribution in [3.8, 4) is 11.6 Å². The molecule has 7 heteroatoms. The van der Waals surface area contributed by atoms with Gasteiger partial charge in [0, 0.05) is 17.8 Å². The first-order valence-electron chi connectivity index (χ1n) is 8.68. The second-order valence-corrected chi connectivity index (χ2v) is 7.28. The van der Waals surface area contributed by atoms with E-state index in [9.17, 15) is 9.90 Å². The molecular weight excluding hydrogens is 374 g/mol. The van der Waals surface area contributed by atoms with Gasteiger partial charge in [0.05, 0.1) is 11.0 Å². The third kappa shape index (κ3) is 3.84. The van der Waals surface area contributed by atoms with Gasteiger partial charge in [0.15, 0.2) is 5.95 Å². The van der Waals surface area contributed by atoms with Crippen molar-refractivity contribution in [1.29, 1.82) is 0 Å². The zero-order valence-corrected chi connectivity index (χ0v) is 15.9. The summed E-state index contributed by atoms with van der Waals surface area (Å²) >= 11 is 1.09.